The maximum absolute atomic E-state index is 10.5. The summed E-state index contributed by atoms with van der Waals surface area (Å²) in [5.41, 5.74) is 1.03. The van der Waals surface area contributed by atoms with Crippen molar-refractivity contribution in [2.75, 3.05) is 54.7 Å². The Balaban J connectivity index is 1.96. The molecular weight excluding hydrogens is 374 g/mol. The molecule has 1 N–H and O–H groups in total. The van der Waals surface area contributed by atoms with Crippen molar-refractivity contribution in [1.29, 1.82) is 0 Å². The Morgan fingerprint density at radius 1 is 0.828 bits per heavy atom. The molecule has 29 heavy (non-hydrogen) atoms. The van der Waals surface area contributed by atoms with Crippen molar-refractivity contribution in [1.82, 2.24) is 4.90 Å². The normalized spacial score (nSPS) is 11.9. The van der Waals surface area contributed by atoms with Crippen LogP contribution < -0.4 is 18.9 Å². The molecule has 0 amide bonds. The van der Waals surface area contributed by atoms with Crippen molar-refractivity contribution >= 4 is 0 Å². The summed E-state index contributed by atoms with van der Waals surface area (Å²) >= 11 is 0. The average molecular weight is 405 g/mol. The number of ether oxygens (including phenoxy) is 5. The van der Waals surface area contributed by atoms with Gasteiger partial charge in [-0.15, -0.1) is 0 Å². The summed E-state index contributed by atoms with van der Waals surface area (Å²) in [7, 11) is 6.53. The fraction of sp³-hybridized carbons (Fsp3) is 0.455. The van der Waals surface area contributed by atoms with E-state index >= 15 is 0 Å². The highest BCUT2D eigenvalue weighted by atomic mass is 16.5. The molecule has 0 aliphatic rings. The zero-order valence-electron chi connectivity index (χ0n) is 17.6. The van der Waals surface area contributed by atoms with Crippen LogP contribution in [-0.4, -0.2) is 70.9 Å². The van der Waals surface area contributed by atoms with E-state index in [4.69, 9.17) is 23.7 Å². The predicted molar refractivity (Wildman–Crippen MR) is 111 cm³/mol. The molecule has 2 aromatic rings. The fourth-order valence-electron chi connectivity index (χ4n) is 2.89. The van der Waals surface area contributed by atoms with E-state index < -0.39 is 6.10 Å². The minimum Gasteiger partial charge on any atom is -0.497 e. The Morgan fingerprint density at radius 2 is 1.41 bits per heavy atom. The summed E-state index contributed by atoms with van der Waals surface area (Å²) in [4.78, 5) is 2.11. The molecule has 0 saturated heterocycles. The Kier molecular flexibility index (Phi) is 9.56. The molecule has 160 valence electrons. The summed E-state index contributed by atoms with van der Waals surface area (Å²) in [6, 6.07) is 13.0. The number of aliphatic hydroxyl groups excluding tert-OH is 1. The van der Waals surface area contributed by atoms with E-state index in [1.165, 1.54) is 0 Å². The van der Waals surface area contributed by atoms with E-state index in [0.717, 1.165) is 22.8 Å². The van der Waals surface area contributed by atoms with Crippen LogP contribution in [0.3, 0.4) is 0 Å². The van der Waals surface area contributed by atoms with Gasteiger partial charge in [0.25, 0.3) is 0 Å². The number of rotatable bonds is 13. The number of methoxy groups -OCH3 is 4. The Labute approximate surface area is 172 Å². The van der Waals surface area contributed by atoms with Gasteiger partial charge in [-0.25, -0.2) is 0 Å². The number of nitrogens with zero attached hydrogens (tertiary/aromatic N) is 1. The zero-order chi connectivity index (χ0) is 21.1. The highest BCUT2D eigenvalue weighted by Crippen LogP contribution is 2.23. The van der Waals surface area contributed by atoms with E-state index in [0.29, 0.717) is 32.0 Å². The first-order chi connectivity index (χ1) is 14.1. The third kappa shape index (κ3) is 7.81. The Hall–Kier alpha value is -2.48. The van der Waals surface area contributed by atoms with Gasteiger partial charge in [-0.1, -0.05) is 0 Å². The van der Waals surface area contributed by atoms with Crippen LogP contribution in [0, 0.1) is 0 Å². The molecule has 0 heterocycles. The summed E-state index contributed by atoms with van der Waals surface area (Å²) in [6.45, 7) is 2.50. The lowest BCUT2D eigenvalue weighted by Gasteiger charge is -2.25. The van der Waals surface area contributed by atoms with Crippen molar-refractivity contribution in [3.8, 4) is 23.0 Å². The van der Waals surface area contributed by atoms with Crippen LogP contribution in [0.25, 0.3) is 0 Å². The quantitative estimate of drug-likeness (QED) is 0.549. The second-order valence-electron chi connectivity index (χ2n) is 6.59. The van der Waals surface area contributed by atoms with Gasteiger partial charge in [0.05, 0.1) is 27.9 Å². The third-order valence-electron chi connectivity index (χ3n) is 4.40. The van der Waals surface area contributed by atoms with Gasteiger partial charge in [-0.2, -0.15) is 0 Å². The van der Waals surface area contributed by atoms with Crippen molar-refractivity contribution in [3.63, 3.8) is 0 Å². The molecular formula is C22H31NO6. The lowest BCUT2D eigenvalue weighted by Crippen LogP contribution is -2.37. The highest BCUT2D eigenvalue weighted by molar-refractivity contribution is 5.38. The molecule has 0 aliphatic heterocycles. The maximum atomic E-state index is 10.5. The molecule has 0 spiro atoms. The number of hydrogen-bond donors (Lipinski definition) is 1. The molecule has 0 fully saturated rings. The molecule has 0 aromatic heterocycles. The van der Waals surface area contributed by atoms with Gasteiger partial charge < -0.3 is 28.8 Å². The largest absolute Gasteiger partial charge is 0.497 e. The topological polar surface area (TPSA) is 69.6 Å². The molecule has 7 heteroatoms. The highest BCUT2D eigenvalue weighted by Gasteiger charge is 2.14. The van der Waals surface area contributed by atoms with Gasteiger partial charge in [-0.3, -0.25) is 4.90 Å². The van der Waals surface area contributed by atoms with E-state index in [-0.39, 0.29) is 6.61 Å². The van der Waals surface area contributed by atoms with E-state index in [2.05, 4.69) is 4.90 Å². The van der Waals surface area contributed by atoms with E-state index in [9.17, 15) is 5.11 Å². The third-order valence-corrected chi connectivity index (χ3v) is 4.40. The Bertz CT molecular complexity index is 699. The van der Waals surface area contributed by atoms with Crippen LogP contribution in [0.5, 0.6) is 23.0 Å². The predicted octanol–water partition coefficient (Wildman–Crippen LogP) is 2.60. The number of aliphatic hydroxyl groups is 1. The van der Waals surface area contributed by atoms with Crippen molar-refractivity contribution in [3.05, 3.63) is 48.0 Å². The molecule has 0 saturated carbocycles. The van der Waals surface area contributed by atoms with Crippen LogP contribution in [0.1, 0.15) is 5.56 Å². The van der Waals surface area contributed by atoms with E-state index in [1.807, 2.05) is 42.5 Å². The zero-order valence-corrected chi connectivity index (χ0v) is 17.6. The van der Waals surface area contributed by atoms with Gasteiger partial charge >= 0.3 is 0 Å². The van der Waals surface area contributed by atoms with Gasteiger partial charge in [0.15, 0.2) is 0 Å². The van der Waals surface area contributed by atoms with Crippen LogP contribution in [0.4, 0.5) is 0 Å². The lowest BCUT2D eigenvalue weighted by atomic mass is 10.1. The fourth-order valence-corrected chi connectivity index (χ4v) is 2.89. The number of benzene rings is 2. The summed E-state index contributed by atoms with van der Waals surface area (Å²) in [5.74, 6) is 2.91. The van der Waals surface area contributed by atoms with Gasteiger partial charge in [-0.05, 0) is 42.0 Å². The van der Waals surface area contributed by atoms with Crippen LogP contribution in [0.15, 0.2) is 42.5 Å². The SMILES string of the molecule is COCCN(Cc1cc(OC)cc(OC)c1)C[C@@H](O)COc1ccc(OC)cc1. The van der Waals surface area contributed by atoms with Gasteiger partial charge in [0, 0.05) is 32.8 Å². The standard InChI is InChI=1S/C22H31NO6/c1-25-10-9-23(14-17-11-21(27-3)13-22(12-17)28-4)15-18(24)16-29-20-7-5-19(26-2)6-8-20/h5-8,11-13,18,24H,9-10,14-16H2,1-4H3/t18-/m1/s1. The molecule has 2 aromatic carbocycles. The van der Waals surface area contributed by atoms with Crippen molar-refractivity contribution in [2.45, 2.75) is 12.6 Å². The van der Waals surface area contributed by atoms with Gasteiger partial charge in [0.2, 0.25) is 0 Å². The van der Waals surface area contributed by atoms with E-state index in [1.54, 1.807) is 28.4 Å². The summed E-state index contributed by atoms with van der Waals surface area (Å²) < 4.78 is 26.7. The molecule has 2 rings (SSSR count). The molecule has 1 atom stereocenters. The first-order valence-corrected chi connectivity index (χ1v) is 9.46. The molecule has 7 nitrogen and oxygen atoms in total. The second-order valence-corrected chi connectivity index (χ2v) is 6.59. The lowest BCUT2D eigenvalue weighted by molar-refractivity contribution is 0.0542. The smallest absolute Gasteiger partial charge is 0.122 e. The van der Waals surface area contributed by atoms with Crippen LogP contribution >= 0.6 is 0 Å². The minimum atomic E-state index is -0.651. The summed E-state index contributed by atoms with van der Waals surface area (Å²) in [6.07, 6.45) is -0.651. The number of hydrogen-bond acceptors (Lipinski definition) is 7. The Morgan fingerprint density at radius 3 is 1.97 bits per heavy atom. The monoisotopic (exact) mass is 405 g/mol. The average Bonchev–Trinajstić information content (AvgIpc) is 2.76. The second kappa shape index (κ2) is 12.2. The van der Waals surface area contributed by atoms with Crippen LogP contribution in [-0.2, 0) is 11.3 Å². The minimum absolute atomic E-state index is 0.192. The van der Waals surface area contributed by atoms with Crippen molar-refractivity contribution < 1.29 is 28.8 Å². The van der Waals surface area contributed by atoms with Crippen molar-refractivity contribution in [2.24, 2.45) is 0 Å². The first-order valence-electron chi connectivity index (χ1n) is 9.46. The molecule has 0 unspecified atom stereocenters. The molecule has 0 aliphatic carbocycles. The summed E-state index contributed by atoms with van der Waals surface area (Å²) in [5, 5.41) is 10.5. The van der Waals surface area contributed by atoms with Gasteiger partial charge in [0.1, 0.15) is 35.7 Å². The maximum Gasteiger partial charge on any atom is 0.122 e. The van der Waals surface area contributed by atoms with Crippen LogP contribution in [0.2, 0.25) is 0 Å². The first kappa shape index (κ1) is 22.8. The molecule has 0 bridgehead atoms. The molecule has 0 radical (unpaired) electrons.